The molecule has 1 heterocycles. The maximum atomic E-state index is 12.3. The maximum absolute atomic E-state index is 12.3. The standard InChI is InChI=1S/C19H20N2O4S/c1-20-26(23,24)13-15-8-6-14(7-9-15)11-21-19(22)17-10-16-4-2-3-5-18(16)25-12-17/h2-10,20H,11-13H2,1H3,(H,21,22). The van der Waals surface area contributed by atoms with Crippen molar-refractivity contribution < 1.29 is 17.9 Å². The maximum Gasteiger partial charge on any atom is 0.250 e. The molecule has 1 aliphatic heterocycles. The van der Waals surface area contributed by atoms with Crippen molar-refractivity contribution in [3.05, 3.63) is 70.8 Å². The number of carbonyl (C=O) groups excluding carboxylic acids is 1. The molecule has 2 N–H and O–H groups in total. The summed E-state index contributed by atoms with van der Waals surface area (Å²) in [6, 6.07) is 14.7. The SMILES string of the molecule is CNS(=O)(=O)Cc1ccc(CNC(=O)C2=Cc3ccccc3OC2)cc1. The van der Waals surface area contributed by atoms with E-state index in [1.807, 2.05) is 42.5 Å². The third kappa shape index (κ3) is 4.50. The van der Waals surface area contributed by atoms with Gasteiger partial charge >= 0.3 is 0 Å². The topological polar surface area (TPSA) is 84.5 Å². The van der Waals surface area contributed by atoms with Gasteiger partial charge in [-0.1, -0.05) is 42.5 Å². The summed E-state index contributed by atoms with van der Waals surface area (Å²) < 4.78 is 31.0. The largest absolute Gasteiger partial charge is 0.488 e. The minimum atomic E-state index is -3.29. The molecule has 0 fully saturated rings. The van der Waals surface area contributed by atoms with E-state index in [0.717, 1.165) is 16.9 Å². The zero-order chi connectivity index (χ0) is 18.6. The van der Waals surface area contributed by atoms with Crippen LogP contribution in [0.2, 0.25) is 0 Å². The van der Waals surface area contributed by atoms with Crippen molar-refractivity contribution in [3.8, 4) is 5.75 Å². The van der Waals surface area contributed by atoms with Gasteiger partial charge in [0.2, 0.25) is 10.0 Å². The second-order valence-corrected chi connectivity index (χ2v) is 7.88. The van der Waals surface area contributed by atoms with Gasteiger partial charge in [0, 0.05) is 12.1 Å². The summed E-state index contributed by atoms with van der Waals surface area (Å²) in [5.74, 6) is 0.525. The van der Waals surface area contributed by atoms with Crippen LogP contribution in [0.4, 0.5) is 0 Å². The molecule has 0 aliphatic carbocycles. The molecule has 1 aliphatic rings. The smallest absolute Gasteiger partial charge is 0.250 e. The van der Waals surface area contributed by atoms with Crippen molar-refractivity contribution in [2.24, 2.45) is 0 Å². The summed E-state index contributed by atoms with van der Waals surface area (Å²) in [6.07, 6.45) is 1.83. The minimum absolute atomic E-state index is 0.0697. The molecule has 1 amide bonds. The average Bonchev–Trinajstić information content (AvgIpc) is 2.66. The number of nitrogens with one attached hydrogen (secondary N) is 2. The normalized spacial score (nSPS) is 13.3. The molecule has 0 saturated carbocycles. The van der Waals surface area contributed by atoms with E-state index in [4.69, 9.17) is 4.74 Å². The minimum Gasteiger partial charge on any atom is -0.488 e. The molecule has 0 atom stereocenters. The predicted molar refractivity (Wildman–Crippen MR) is 99.9 cm³/mol. The monoisotopic (exact) mass is 372 g/mol. The van der Waals surface area contributed by atoms with Gasteiger partial charge in [0.1, 0.15) is 12.4 Å². The van der Waals surface area contributed by atoms with Gasteiger partial charge in [-0.3, -0.25) is 4.79 Å². The molecule has 136 valence electrons. The molecule has 0 unspecified atom stereocenters. The average molecular weight is 372 g/mol. The number of amides is 1. The molecule has 2 aromatic rings. The zero-order valence-electron chi connectivity index (χ0n) is 14.4. The second-order valence-electron chi connectivity index (χ2n) is 5.96. The van der Waals surface area contributed by atoms with Gasteiger partial charge in [-0.25, -0.2) is 13.1 Å². The van der Waals surface area contributed by atoms with E-state index in [2.05, 4.69) is 10.0 Å². The lowest BCUT2D eigenvalue weighted by molar-refractivity contribution is -0.117. The molecule has 0 saturated heterocycles. The Balaban J connectivity index is 1.59. The molecule has 3 rings (SSSR count). The number of benzene rings is 2. The summed E-state index contributed by atoms with van der Waals surface area (Å²) >= 11 is 0. The fourth-order valence-corrected chi connectivity index (χ4v) is 3.36. The van der Waals surface area contributed by atoms with Crippen LogP contribution in [0.25, 0.3) is 6.08 Å². The van der Waals surface area contributed by atoms with Crippen LogP contribution in [0.1, 0.15) is 16.7 Å². The van der Waals surface area contributed by atoms with Crippen molar-refractivity contribution in [2.45, 2.75) is 12.3 Å². The van der Waals surface area contributed by atoms with Crippen LogP contribution in [0.5, 0.6) is 5.75 Å². The van der Waals surface area contributed by atoms with E-state index < -0.39 is 10.0 Å². The van der Waals surface area contributed by atoms with E-state index in [1.165, 1.54) is 7.05 Å². The lowest BCUT2D eigenvalue weighted by Gasteiger charge is -2.17. The fraction of sp³-hybridized carbons (Fsp3) is 0.211. The quantitative estimate of drug-likeness (QED) is 0.810. The Morgan fingerprint density at radius 3 is 2.50 bits per heavy atom. The van der Waals surface area contributed by atoms with Gasteiger partial charge in [-0.2, -0.15) is 0 Å². The highest BCUT2D eigenvalue weighted by Crippen LogP contribution is 2.25. The number of hydrogen-bond acceptors (Lipinski definition) is 4. The molecular weight excluding hydrogens is 352 g/mol. The first-order valence-electron chi connectivity index (χ1n) is 8.16. The Labute approximate surface area is 152 Å². The van der Waals surface area contributed by atoms with Crippen LogP contribution in [0, 0.1) is 0 Å². The molecule has 0 radical (unpaired) electrons. The van der Waals surface area contributed by atoms with Crippen molar-refractivity contribution in [1.29, 1.82) is 0 Å². The van der Waals surface area contributed by atoms with Gasteiger partial charge in [-0.05, 0) is 30.3 Å². The Bertz CT molecular complexity index is 934. The highest BCUT2D eigenvalue weighted by atomic mass is 32.2. The molecule has 0 aromatic heterocycles. The van der Waals surface area contributed by atoms with E-state index in [9.17, 15) is 13.2 Å². The van der Waals surface area contributed by atoms with Gasteiger partial charge in [0.05, 0.1) is 11.3 Å². The van der Waals surface area contributed by atoms with E-state index in [-0.39, 0.29) is 18.3 Å². The van der Waals surface area contributed by atoms with Crippen LogP contribution in [-0.4, -0.2) is 28.0 Å². The van der Waals surface area contributed by atoms with Crippen molar-refractivity contribution in [1.82, 2.24) is 10.0 Å². The summed E-state index contributed by atoms with van der Waals surface area (Å²) in [5, 5.41) is 2.86. The lowest BCUT2D eigenvalue weighted by Crippen LogP contribution is -2.28. The summed E-state index contributed by atoms with van der Waals surface area (Å²) in [4.78, 5) is 12.3. The summed E-state index contributed by atoms with van der Waals surface area (Å²) in [6.45, 7) is 0.598. The van der Waals surface area contributed by atoms with Gasteiger partial charge in [0.25, 0.3) is 5.91 Å². The number of rotatable bonds is 6. The third-order valence-electron chi connectivity index (χ3n) is 4.07. The molecule has 26 heavy (non-hydrogen) atoms. The molecule has 0 spiro atoms. The molecule has 2 aromatic carbocycles. The first-order chi connectivity index (χ1) is 12.5. The first-order valence-corrected chi connectivity index (χ1v) is 9.82. The number of para-hydroxylation sites is 1. The van der Waals surface area contributed by atoms with Crippen LogP contribution >= 0.6 is 0 Å². The number of ether oxygens (including phenoxy) is 1. The van der Waals surface area contributed by atoms with Crippen LogP contribution < -0.4 is 14.8 Å². The van der Waals surface area contributed by atoms with Gasteiger partial charge in [-0.15, -0.1) is 0 Å². The number of carbonyl (C=O) groups is 1. The van der Waals surface area contributed by atoms with E-state index in [0.29, 0.717) is 17.7 Å². The van der Waals surface area contributed by atoms with Crippen LogP contribution in [0.15, 0.2) is 54.1 Å². The molecule has 7 heteroatoms. The van der Waals surface area contributed by atoms with E-state index in [1.54, 1.807) is 12.1 Å². The number of hydrogen-bond donors (Lipinski definition) is 2. The summed E-state index contributed by atoms with van der Waals surface area (Å²) in [5.41, 5.74) is 3.04. The molecule has 0 bridgehead atoms. The van der Waals surface area contributed by atoms with Crippen molar-refractivity contribution in [3.63, 3.8) is 0 Å². The van der Waals surface area contributed by atoms with Crippen LogP contribution in [-0.2, 0) is 27.1 Å². The predicted octanol–water partition coefficient (Wildman–Crippen LogP) is 1.83. The molecule has 6 nitrogen and oxygen atoms in total. The molecular formula is C19H20N2O4S. The third-order valence-corrected chi connectivity index (χ3v) is 5.40. The van der Waals surface area contributed by atoms with E-state index >= 15 is 0 Å². The van der Waals surface area contributed by atoms with Gasteiger partial charge in [0.15, 0.2) is 0 Å². The Morgan fingerprint density at radius 2 is 1.77 bits per heavy atom. The number of fused-ring (bicyclic) bond motifs is 1. The van der Waals surface area contributed by atoms with Crippen LogP contribution in [0.3, 0.4) is 0 Å². The Hall–Kier alpha value is -2.64. The Kier molecular flexibility index (Phi) is 5.39. The Morgan fingerprint density at radius 1 is 1.08 bits per heavy atom. The van der Waals surface area contributed by atoms with Gasteiger partial charge < -0.3 is 10.1 Å². The highest BCUT2D eigenvalue weighted by molar-refractivity contribution is 7.88. The highest BCUT2D eigenvalue weighted by Gasteiger charge is 2.16. The lowest BCUT2D eigenvalue weighted by atomic mass is 10.1. The zero-order valence-corrected chi connectivity index (χ0v) is 15.2. The van der Waals surface area contributed by atoms with Crippen molar-refractivity contribution >= 4 is 22.0 Å². The number of sulfonamides is 1. The second kappa shape index (κ2) is 7.72. The van der Waals surface area contributed by atoms with Crippen molar-refractivity contribution in [2.75, 3.05) is 13.7 Å². The first kappa shape index (κ1) is 18.2. The summed E-state index contributed by atoms with van der Waals surface area (Å²) in [7, 11) is -1.90. The fourth-order valence-electron chi connectivity index (χ4n) is 2.59.